The number of nitrogens with two attached hydrogens (primary N) is 1. The van der Waals surface area contributed by atoms with Gasteiger partial charge in [-0.3, -0.25) is 4.79 Å². The summed E-state index contributed by atoms with van der Waals surface area (Å²) in [5.74, 6) is -0.0970. The summed E-state index contributed by atoms with van der Waals surface area (Å²) >= 11 is 0. The molecule has 1 rings (SSSR count). The second kappa shape index (κ2) is 11.0. The molecule has 0 aromatic carbocycles. The monoisotopic (exact) mass is 288 g/mol. The number of nitrogens with one attached hydrogen (secondary N) is 1. The number of rotatable bonds is 11. The van der Waals surface area contributed by atoms with Gasteiger partial charge in [0.2, 0.25) is 5.91 Å². The van der Waals surface area contributed by atoms with Crippen molar-refractivity contribution in [3.05, 3.63) is 0 Å². The summed E-state index contributed by atoms with van der Waals surface area (Å²) in [4.78, 5) is 11.6. The highest BCUT2D eigenvalue weighted by Crippen LogP contribution is 2.11. The van der Waals surface area contributed by atoms with Gasteiger partial charge in [-0.1, -0.05) is 0 Å². The Labute approximate surface area is 121 Å². The maximum absolute atomic E-state index is 11.6. The molecule has 1 aliphatic heterocycles. The Morgan fingerprint density at radius 2 is 2.30 bits per heavy atom. The molecule has 2 unspecified atom stereocenters. The van der Waals surface area contributed by atoms with E-state index in [-0.39, 0.29) is 12.0 Å². The third-order valence-corrected chi connectivity index (χ3v) is 3.29. The van der Waals surface area contributed by atoms with Gasteiger partial charge < -0.3 is 25.3 Å². The fraction of sp³-hybridized carbons (Fsp3) is 0.929. The van der Waals surface area contributed by atoms with Crippen LogP contribution in [0.3, 0.4) is 0 Å². The Balaban J connectivity index is 1.90. The first kappa shape index (κ1) is 17.4. The number of carbonyl (C=O) groups excluding carboxylic acids is 1. The molecule has 118 valence electrons. The lowest BCUT2D eigenvalue weighted by molar-refractivity contribution is -0.122. The molecule has 20 heavy (non-hydrogen) atoms. The lowest BCUT2D eigenvalue weighted by Gasteiger charge is -2.13. The molecule has 1 amide bonds. The lowest BCUT2D eigenvalue weighted by atomic mass is 10.1. The van der Waals surface area contributed by atoms with Gasteiger partial charge >= 0.3 is 0 Å². The Morgan fingerprint density at radius 1 is 1.45 bits per heavy atom. The number of ether oxygens (including phenoxy) is 3. The Hall–Kier alpha value is -0.690. The van der Waals surface area contributed by atoms with Crippen LogP contribution in [0.1, 0.15) is 32.1 Å². The van der Waals surface area contributed by atoms with Crippen LogP contribution >= 0.6 is 0 Å². The van der Waals surface area contributed by atoms with Crippen molar-refractivity contribution in [3.63, 3.8) is 0 Å². The van der Waals surface area contributed by atoms with Crippen LogP contribution in [-0.4, -0.2) is 58.1 Å². The molecule has 6 heteroatoms. The Kier molecular flexibility index (Phi) is 9.57. The Bertz CT molecular complexity index is 258. The number of amides is 1. The lowest BCUT2D eigenvalue weighted by Crippen LogP contribution is -2.41. The van der Waals surface area contributed by atoms with Gasteiger partial charge in [0.05, 0.1) is 18.8 Å². The van der Waals surface area contributed by atoms with Gasteiger partial charge in [0.25, 0.3) is 0 Å². The highest BCUT2D eigenvalue weighted by molar-refractivity contribution is 5.81. The number of hydrogen-bond acceptors (Lipinski definition) is 5. The third kappa shape index (κ3) is 7.79. The summed E-state index contributed by atoms with van der Waals surface area (Å²) in [5, 5.41) is 2.82. The van der Waals surface area contributed by atoms with Crippen molar-refractivity contribution in [1.29, 1.82) is 0 Å². The molecule has 1 fully saturated rings. The predicted molar refractivity (Wildman–Crippen MR) is 76.5 cm³/mol. The molecule has 6 nitrogen and oxygen atoms in total. The van der Waals surface area contributed by atoms with Gasteiger partial charge in [-0.15, -0.1) is 0 Å². The molecule has 2 atom stereocenters. The van der Waals surface area contributed by atoms with E-state index in [4.69, 9.17) is 19.9 Å². The molecule has 0 radical (unpaired) electrons. The molecular weight excluding hydrogens is 260 g/mol. The molecule has 1 aliphatic rings. The molecular formula is C14H28N2O4. The minimum Gasteiger partial charge on any atom is -0.385 e. The minimum atomic E-state index is -0.446. The summed E-state index contributed by atoms with van der Waals surface area (Å²) in [6.07, 6.45) is 4.73. The highest BCUT2D eigenvalue weighted by Gasteiger charge is 2.15. The van der Waals surface area contributed by atoms with E-state index in [1.54, 1.807) is 7.11 Å². The van der Waals surface area contributed by atoms with Crippen molar-refractivity contribution < 1.29 is 19.0 Å². The van der Waals surface area contributed by atoms with Gasteiger partial charge in [-0.05, 0) is 32.1 Å². The standard InChI is InChI=1S/C14H28N2O4/c1-18-8-3-6-13(15)14(17)16-7-4-9-19-11-12-5-2-10-20-12/h12-13H,2-11,15H2,1H3,(H,16,17). The second-order valence-corrected chi connectivity index (χ2v) is 5.10. The van der Waals surface area contributed by atoms with Gasteiger partial charge in [0, 0.05) is 33.5 Å². The van der Waals surface area contributed by atoms with E-state index in [1.807, 2.05) is 0 Å². The summed E-state index contributed by atoms with van der Waals surface area (Å²) in [5.41, 5.74) is 5.77. The molecule has 0 bridgehead atoms. The van der Waals surface area contributed by atoms with Crippen molar-refractivity contribution >= 4 is 5.91 Å². The topological polar surface area (TPSA) is 82.8 Å². The van der Waals surface area contributed by atoms with E-state index in [9.17, 15) is 4.79 Å². The largest absolute Gasteiger partial charge is 0.385 e. The normalized spacial score (nSPS) is 20.0. The van der Waals surface area contributed by atoms with E-state index in [0.29, 0.717) is 32.8 Å². The number of hydrogen-bond donors (Lipinski definition) is 2. The molecule has 0 saturated carbocycles. The van der Waals surface area contributed by atoms with Gasteiger partial charge in [-0.2, -0.15) is 0 Å². The summed E-state index contributed by atoms with van der Waals surface area (Å²) in [7, 11) is 1.64. The van der Waals surface area contributed by atoms with Crippen molar-refractivity contribution in [2.45, 2.75) is 44.2 Å². The van der Waals surface area contributed by atoms with Crippen molar-refractivity contribution in [2.24, 2.45) is 5.73 Å². The number of carbonyl (C=O) groups is 1. The fourth-order valence-electron chi connectivity index (χ4n) is 2.09. The van der Waals surface area contributed by atoms with E-state index >= 15 is 0 Å². The molecule has 1 heterocycles. The van der Waals surface area contributed by atoms with Crippen LogP contribution in [0.5, 0.6) is 0 Å². The van der Waals surface area contributed by atoms with Crippen LogP contribution in [0, 0.1) is 0 Å². The first-order valence-corrected chi connectivity index (χ1v) is 7.45. The van der Waals surface area contributed by atoms with Gasteiger partial charge in [-0.25, -0.2) is 0 Å². The Morgan fingerprint density at radius 3 is 3.00 bits per heavy atom. The van der Waals surface area contributed by atoms with Crippen LogP contribution in [0.15, 0.2) is 0 Å². The van der Waals surface area contributed by atoms with E-state index < -0.39 is 6.04 Å². The summed E-state index contributed by atoms with van der Waals surface area (Å²) in [6, 6.07) is -0.446. The number of methoxy groups -OCH3 is 1. The SMILES string of the molecule is COCCCC(N)C(=O)NCCCOCC1CCCO1. The molecule has 1 saturated heterocycles. The average molecular weight is 288 g/mol. The van der Waals surface area contributed by atoms with Crippen LogP contribution in [0.2, 0.25) is 0 Å². The molecule has 0 aromatic heterocycles. The minimum absolute atomic E-state index is 0.0970. The molecule has 0 spiro atoms. The van der Waals surface area contributed by atoms with Crippen molar-refractivity contribution in [2.75, 3.05) is 40.1 Å². The fourth-order valence-corrected chi connectivity index (χ4v) is 2.09. The maximum atomic E-state index is 11.6. The van der Waals surface area contributed by atoms with E-state index in [2.05, 4.69) is 5.32 Å². The first-order valence-electron chi connectivity index (χ1n) is 7.45. The molecule has 3 N–H and O–H groups in total. The highest BCUT2D eigenvalue weighted by atomic mass is 16.5. The second-order valence-electron chi connectivity index (χ2n) is 5.10. The average Bonchev–Trinajstić information content (AvgIpc) is 2.95. The zero-order chi connectivity index (χ0) is 14.6. The smallest absolute Gasteiger partial charge is 0.236 e. The van der Waals surface area contributed by atoms with Crippen LogP contribution in [0.25, 0.3) is 0 Å². The summed E-state index contributed by atoms with van der Waals surface area (Å²) in [6.45, 7) is 3.38. The summed E-state index contributed by atoms with van der Waals surface area (Å²) < 4.78 is 15.9. The quantitative estimate of drug-likeness (QED) is 0.539. The van der Waals surface area contributed by atoms with Crippen LogP contribution in [-0.2, 0) is 19.0 Å². The van der Waals surface area contributed by atoms with Gasteiger partial charge in [0.15, 0.2) is 0 Å². The first-order chi connectivity index (χ1) is 9.74. The van der Waals surface area contributed by atoms with Crippen LogP contribution in [0.4, 0.5) is 0 Å². The van der Waals surface area contributed by atoms with Crippen molar-refractivity contribution in [1.82, 2.24) is 5.32 Å². The van der Waals surface area contributed by atoms with Crippen molar-refractivity contribution in [3.8, 4) is 0 Å². The maximum Gasteiger partial charge on any atom is 0.236 e. The molecule has 0 aromatic rings. The van der Waals surface area contributed by atoms with Crippen LogP contribution < -0.4 is 11.1 Å². The predicted octanol–water partition coefficient (Wildman–Crippen LogP) is 0.442. The van der Waals surface area contributed by atoms with E-state index in [1.165, 1.54) is 0 Å². The zero-order valence-corrected chi connectivity index (χ0v) is 12.4. The molecule has 0 aliphatic carbocycles. The van der Waals surface area contributed by atoms with Gasteiger partial charge in [0.1, 0.15) is 0 Å². The van der Waals surface area contributed by atoms with E-state index in [0.717, 1.165) is 32.3 Å². The zero-order valence-electron chi connectivity index (χ0n) is 12.4. The third-order valence-electron chi connectivity index (χ3n) is 3.29.